The minimum atomic E-state index is -6.30. The average Bonchev–Trinajstić information content (AvgIpc) is 2.45. The number of hydrogen-bond acceptors (Lipinski definition) is 4. The lowest BCUT2D eigenvalue weighted by Gasteiger charge is -2.35. The highest BCUT2D eigenvalue weighted by molar-refractivity contribution is 7.85. The second-order valence-electron chi connectivity index (χ2n) is 7.06. The first-order valence-electron chi connectivity index (χ1n) is 8.77. The maximum Gasteiger partial charge on any atom is 0.438 e. The first-order valence-corrected chi connectivity index (χ1v) is 10.4. The molecule has 0 aliphatic rings. The van der Waals surface area contributed by atoms with Gasteiger partial charge in [-0.25, -0.2) is 0 Å². The summed E-state index contributed by atoms with van der Waals surface area (Å²) in [6.07, 6.45) is -10.1. The monoisotopic (exact) mass is 444 g/mol. The van der Waals surface area contributed by atoms with Crippen LogP contribution in [0, 0.1) is 11.8 Å². The molecule has 12 heteroatoms. The predicted octanol–water partition coefficient (Wildman–Crippen LogP) is 4.91. The van der Waals surface area contributed by atoms with Gasteiger partial charge in [0.1, 0.15) is 5.75 Å². The molecule has 28 heavy (non-hydrogen) atoms. The van der Waals surface area contributed by atoms with Gasteiger partial charge in [-0.15, -0.1) is 0 Å². The van der Waals surface area contributed by atoms with Gasteiger partial charge in [0, 0.05) is 6.42 Å². The molecule has 0 aromatic carbocycles. The zero-order chi connectivity index (χ0) is 22.4. The minimum Gasteiger partial charge on any atom is -0.438 e. The quantitative estimate of drug-likeness (QED) is 0.212. The number of carbonyl (C=O) groups excluding carboxylic acids is 1. The number of rotatable bonds is 11. The summed E-state index contributed by atoms with van der Waals surface area (Å²) in [5.74, 6) is -4.77. The Kier molecular flexibility index (Phi) is 9.75. The van der Waals surface area contributed by atoms with Crippen LogP contribution in [0.15, 0.2) is 0 Å². The predicted molar refractivity (Wildman–Crippen MR) is 89.1 cm³/mol. The highest BCUT2D eigenvalue weighted by Crippen LogP contribution is 2.47. The third-order valence-corrected chi connectivity index (χ3v) is 5.20. The van der Waals surface area contributed by atoms with Crippen molar-refractivity contribution in [1.29, 1.82) is 0 Å². The van der Waals surface area contributed by atoms with E-state index in [-0.39, 0.29) is 18.3 Å². The van der Waals surface area contributed by atoms with Gasteiger partial charge in [0.05, 0.1) is 0 Å². The Morgan fingerprint density at radius 1 is 1.00 bits per heavy atom. The van der Waals surface area contributed by atoms with E-state index in [2.05, 4.69) is 4.74 Å². The molecule has 0 aliphatic carbocycles. The van der Waals surface area contributed by atoms with Crippen molar-refractivity contribution in [2.24, 2.45) is 11.8 Å². The lowest BCUT2D eigenvalue weighted by Crippen LogP contribution is -2.63. The van der Waals surface area contributed by atoms with E-state index in [9.17, 15) is 39.6 Å². The molecule has 0 saturated carbocycles. The van der Waals surface area contributed by atoms with Gasteiger partial charge in [-0.2, -0.15) is 34.8 Å². The molecule has 5 nitrogen and oxygen atoms in total. The molecule has 0 spiro atoms. The van der Waals surface area contributed by atoms with Crippen LogP contribution in [-0.4, -0.2) is 42.6 Å². The third-order valence-electron chi connectivity index (χ3n) is 4.43. The lowest BCUT2D eigenvalue weighted by molar-refractivity contribution is -0.361. The molecule has 0 radical (unpaired) electrons. The normalized spacial score (nSPS) is 15.0. The third kappa shape index (κ3) is 8.14. The standard InChI is InChI=1S/C16H26F6O5S/c1-4-5-6-7-12(11(2)3)8-9-13(23)27-14(15(17,18)19,16(20,21)22)10-28(24,25)26/h11-12H,4-10H2,1-3H3,(H,24,25,26). The summed E-state index contributed by atoms with van der Waals surface area (Å²) in [6.45, 7) is 5.59. The molecule has 0 rings (SSSR count). The van der Waals surface area contributed by atoms with Gasteiger partial charge in [-0.3, -0.25) is 9.35 Å². The van der Waals surface area contributed by atoms with Crippen LogP contribution in [0.5, 0.6) is 0 Å². The van der Waals surface area contributed by atoms with Crippen LogP contribution in [0.1, 0.15) is 59.3 Å². The topological polar surface area (TPSA) is 80.7 Å². The summed E-state index contributed by atoms with van der Waals surface area (Å²) in [6, 6.07) is 0. The summed E-state index contributed by atoms with van der Waals surface area (Å²) >= 11 is 0. The van der Waals surface area contributed by atoms with Crippen molar-refractivity contribution in [2.75, 3.05) is 5.75 Å². The largest absolute Gasteiger partial charge is 0.438 e. The number of halogens is 6. The second kappa shape index (κ2) is 10.1. The van der Waals surface area contributed by atoms with Gasteiger partial charge in [-0.05, 0) is 18.3 Å². The van der Waals surface area contributed by atoms with Crippen molar-refractivity contribution in [3.63, 3.8) is 0 Å². The number of hydrogen-bond donors (Lipinski definition) is 1. The molecular formula is C16H26F6O5S. The zero-order valence-electron chi connectivity index (χ0n) is 15.9. The first-order chi connectivity index (χ1) is 12.5. The number of esters is 1. The molecule has 1 atom stereocenters. The van der Waals surface area contributed by atoms with E-state index >= 15 is 0 Å². The van der Waals surface area contributed by atoms with Crippen LogP contribution >= 0.6 is 0 Å². The summed E-state index contributed by atoms with van der Waals surface area (Å²) in [5, 5.41) is 0. The highest BCUT2D eigenvalue weighted by Gasteiger charge is 2.75. The molecule has 0 aromatic rings. The van der Waals surface area contributed by atoms with Crippen molar-refractivity contribution in [3.8, 4) is 0 Å². The van der Waals surface area contributed by atoms with Crippen LogP contribution in [0.2, 0.25) is 0 Å². The van der Waals surface area contributed by atoms with Gasteiger partial charge < -0.3 is 4.74 Å². The molecule has 0 bridgehead atoms. The van der Waals surface area contributed by atoms with Crippen LogP contribution in [0.3, 0.4) is 0 Å². The number of alkyl halides is 6. The molecule has 1 N–H and O–H groups in total. The van der Waals surface area contributed by atoms with Crippen LogP contribution < -0.4 is 0 Å². The summed E-state index contributed by atoms with van der Waals surface area (Å²) in [5.41, 5.74) is -5.33. The van der Waals surface area contributed by atoms with E-state index < -0.39 is 46.2 Å². The van der Waals surface area contributed by atoms with E-state index in [0.717, 1.165) is 19.3 Å². The fourth-order valence-corrected chi connectivity index (χ4v) is 3.64. The van der Waals surface area contributed by atoms with Crippen molar-refractivity contribution < 1.29 is 48.8 Å². The molecule has 1 unspecified atom stereocenters. The fraction of sp³-hybridized carbons (Fsp3) is 0.938. The Balaban J connectivity index is 5.45. The van der Waals surface area contributed by atoms with Gasteiger partial charge in [0.15, 0.2) is 0 Å². The van der Waals surface area contributed by atoms with E-state index in [0.29, 0.717) is 6.42 Å². The fourth-order valence-electron chi connectivity index (χ4n) is 2.74. The molecule has 0 aromatic heterocycles. The molecule has 0 aliphatic heterocycles. The molecule has 168 valence electrons. The summed E-state index contributed by atoms with van der Waals surface area (Å²) in [4.78, 5) is 11.8. The second-order valence-corrected chi connectivity index (χ2v) is 8.51. The number of unbranched alkanes of at least 4 members (excludes halogenated alkanes) is 2. The molecular weight excluding hydrogens is 418 g/mol. The van der Waals surface area contributed by atoms with Gasteiger partial charge >= 0.3 is 23.9 Å². The molecule has 0 saturated heterocycles. The van der Waals surface area contributed by atoms with Crippen LogP contribution in [0.25, 0.3) is 0 Å². The Morgan fingerprint density at radius 2 is 1.50 bits per heavy atom. The van der Waals surface area contributed by atoms with Gasteiger partial charge in [0.25, 0.3) is 10.1 Å². The summed E-state index contributed by atoms with van der Waals surface area (Å²) < 4.78 is 113. The van der Waals surface area contributed by atoms with E-state index in [1.165, 1.54) is 0 Å². The van der Waals surface area contributed by atoms with Gasteiger partial charge in [0.2, 0.25) is 0 Å². The molecule has 0 amide bonds. The number of ether oxygens (including phenoxy) is 1. The van der Waals surface area contributed by atoms with Crippen molar-refractivity contribution in [1.82, 2.24) is 0 Å². The molecule has 0 fully saturated rings. The van der Waals surface area contributed by atoms with Crippen molar-refractivity contribution in [2.45, 2.75) is 77.2 Å². The SMILES string of the molecule is CCCCCC(CCC(=O)OC(CS(=O)(=O)O)(C(F)(F)F)C(F)(F)F)C(C)C. The molecule has 0 heterocycles. The van der Waals surface area contributed by atoms with Crippen LogP contribution in [0.4, 0.5) is 26.3 Å². The zero-order valence-corrected chi connectivity index (χ0v) is 16.7. The lowest BCUT2D eigenvalue weighted by atomic mass is 9.86. The highest BCUT2D eigenvalue weighted by atomic mass is 32.2. The Morgan fingerprint density at radius 3 is 1.86 bits per heavy atom. The Labute approximate surface area is 160 Å². The first kappa shape index (κ1) is 27.0. The van der Waals surface area contributed by atoms with Gasteiger partial charge in [-0.1, -0.05) is 46.5 Å². The Bertz CT molecular complexity index is 584. The maximum absolute atomic E-state index is 13.1. The van der Waals surface area contributed by atoms with E-state index in [4.69, 9.17) is 4.55 Å². The van der Waals surface area contributed by atoms with E-state index in [1.807, 2.05) is 20.8 Å². The summed E-state index contributed by atoms with van der Waals surface area (Å²) in [7, 11) is -5.77. The minimum absolute atomic E-state index is 0.00210. The van der Waals surface area contributed by atoms with Crippen molar-refractivity contribution >= 4 is 16.1 Å². The number of carbonyl (C=O) groups is 1. The average molecular weight is 444 g/mol. The smallest absolute Gasteiger partial charge is 0.438 e. The van der Waals surface area contributed by atoms with Crippen molar-refractivity contribution in [3.05, 3.63) is 0 Å². The van der Waals surface area contributed by atoms with E-state index in [1.54, 1.807) is 0 Å². The Hall–Kier alpha value is -1.04. The van der Waals surface area contributed by atoms with Crippen LogP contribution in [-0.2, 0) is 19.6 Å². The maximum atomic E-state index is 13.1.